The minimum Gasteiger partial charge on any atom is -0.339 e. The standard InChI is InChI=1S/C48H52N6.ClH/c1-35-47-43(41-23-9-11-25-45(41)53(47)29-15-21-37-17-5-3-6-18-37)31-39(51-35)33-49-27-13-14-28-50-34-40-32-44-42-24-10-12-26-46(42)54(48(44)36(2)52-40)30-16-22-38-19-7-4-8-20-38;/h3-12,17-20,23-26,31-32,49-50H,13-16,21-22,27-30,33-34H2,1-2H3;1H. The molecule has 0 saturated heterocycles. The monoisotopic (exact) mass is 748 g/mol. The second kappa shape index (κ2) is 18.1. The van der Waals surface area contributed by atoms with Crippen molar-refractivity contribution in [2.75, 3.05) is 13.1 Å². The molecule has 2 N–H and O–H groups in total. The molecule has 282 valence electrons. The molecule has 0 fully saturated rings. The van der Waals surface area contributed by atoms with Crippen LogP contribution in [0.1, 0.15) is 59.6 Å². The Morgan fingerprint density at radius 3 is 1.31 bits per heavy atom. The lowest BCUT2D eigenvalue weighted by Crippen LogP contribution is -2.19. The molecule has 0 aliphatic heterocycles. The summed E-state index contributed by atoms with van der Waals surface area (Å²) in [5.74, 6) is 0. The van der Waals surface area contributed by atoms with Crippen molar-refractivity contribution in [1.29, 1.82) is 0 Å². The van der Waals surface area contributed by atoms with Crippen LogP contribution in [-0.2, 0) is 39.0 Å². The molecule has 55 heavy (non-hydrogen) atoms. The number of pyridine rings is 2. The van der Waals surface area contributed by atoms with Crippen LogP contribution in [0, 0.1) is 13.8 Å². The van der Waals surface area contributed by atoms with Gasteiger partial charge in [-0.1, -0.05) is 97.1 Å². The molecule has 0 spiro atoms. The second-order valence-electron chi connectivity index (χ2n) is 14.8. The summed E-state index contributed by atoms with van der Waals surface area (Å²) in [4.78, 5) is 10.2. The molecule has 0 bridgehead atoms. The van der Waals surface area contributed by atoms with Crippen LogP contribution in [0.5, 0.6) is 0 Å². The van der Waals surface area contributed by atoms with Gasteiger partial charge < -0.3 is 19.8 Å². The van der Waals surface area contributed by atoms with Gasteiger partial charge in [0.1, 0.15) is 0 Å². The van der Waals surface area contributed by atoms with Gasteiger partial charge in [0, 0.05) is 58.8 Å². The normalized spacial score (nSPS) is 11.6. The number of benzene rings is 4. The number of unbranched alkanes of at least 4 members (excludes halogenated alkanes) is 1. The van der Waals surface area contributed by atoms with Gasteiger partial charge in [0.25, 0.3) is 0 Å². The van der Waals surface area contributed by atoms with Crippen molar-refractivity contribution in [2.45, 2.75) is 78.6 Å². The highest BCUT2D eigenvalue weighted by molar-refractivity contribution is 6.09. The van der Waals surface area contributed by atoms with Crippen LogP contribution >= 0.6 is 12.4 Å². The predicted molar refractivity (Wildman–Crippen MR) is 233 cm³/mol. The number of nitrogens with zero attached hydrogens (tertiary/aromatic N) is 4. The number of fused-ring (bicyclic) bond motifs is 6. The molecule has 4 aromatic carbocycles. The molecule has 6 nitrogen and oxygen atoms in total. The summed E-state index contributed by atoms with van der Waals surface area (Å²) in [7, 11) is 0. The Kier molecular flexibility index (Phi) is 12.6. The fraction of sp³-hybridized carbons (Fsp3) is 0.292. The van der Waals surface area contributed by atoms with Crippen molar-refractivity contribution in [2.24, 2.45) is 0 Å². The Labute approximate surface area is 331 Å². The van der Waals surface area contributed by atoms with Crippen molar-refractivity contribution in [3.8, 4) is 0 Å². The van der Waals surface area contributed by atoms with E-state index in [-0.39, 0.29) is 12.4 Å². The van der Waals surface area contributed by atoms with Gasteiger partial charge in [-0.05, 0) is 101 Å². The summed E-state index contributed by atoms with van der Waals surface area (Å²) >= 11 is 0. The van der Waals surface area contributed by atoms with Gasteiger partial charge in [-0.3, -0.25) is 9.97 Å². The SMILES string of the molecule is Cc1nc(CNCCCCNCc2cc3c4ccccc4n(CCCc4ccccc4)c3c(C)n2)cc2c3ccccc3n(CCCc3ccccc3)c12.Cl. The Bertz CT molecular complexity index is 2310. The summed E-state index contributed by atoms with van der Waals surface area (Å²) in [5.41, 5.74) is 12.4. The molecule has 0 amide bonds. The number of nitrogens with one attached hydrogen (secondary N) is 2. The molecule has 4 aromatic heterocycles. The van der Waals surface area contributed by atoms with Crippen LogP contribution in [0.3, 0.4) is 0 Å². The molecule has 4 heterocycles. The Morgan fingerprint density at radius 2 is 0.873 bits per heavy atom. The zero-order valence-corrected chi connectivity index (χ0v) is 33.0. The molecule has 0 aliphatic rings. The summed E-state index contributed by atoms with van der Waals surface area (Å²) in [5, 5.41) is 12.6. The van der Waals surface area contributed by atoms with Gasteiger partial charge in [-0.25, -0.2) is 0 Å². The van der Waals surface area contributed by atoms with E-state index in [1.54, 1.807) is 0 Å². The Morgan fingerprint density at radius 1 is 0.473 bits per heavy atom. The maximum atomic E-state index is 5.08. The summed E-state index contributed by atoms with van der Waals surface area (Å²) < 4.78 is 4.98. The van der Waals surface area contributed by atoms with E-state index < -0.39 is 0 Å². The number of rotatable bonds is 17. The minimum absolute atomic E-state index is 0. The second-order valence-corrected chi connectivity index (χ2v) is 14.8. The fourth-order valence-electron chi connectivity index (χ4n) is 8.42. The number of halogens is 1. The quantitative estimate of drug-likeness (QED) is 0.0911. The van der Waals surface area contributed by atoms with E-state index in [9.17, 15) is 0 Å². The van der Waals surface area contributed by atoms with E-state index in [1.807, 2.05) is 0 Å². The first-order valence-corrected chi connectivity index (χ1v) is 19.9. The Balaban J connectivity index is 0.00000465. The van der Waals surface area contributed by atoms with Gasteiger partial charge in [0.15, 0.2) is 0 Å². The number of hydrogen-bond donors (Lipinski definition) is 2. The topological polar surface area (TPSA) is 59.7 Å². The highest BCUT2D eigenvalue weighted by Gasteiger charge is 2.16. The van der Waals surface area contributed by atoms with Crippen LogP contribution in [0.15, 0.2) is 121 Å². The van der Waals surface area contributed by atoms with Gasteiger partial charge in [-0.2, -0.15) is 0 Å². The molecule has 0 saturated carbocycles. The molecule has 0 atom stereocenters. The first-order valence-electron chi connectivity index (χ1n) is 19.9. The third-order valence-corrected chi connectivity index (χ3v) is 10.9. The van der Waals surface area contributed by atoms with Gasteiger partial charge in [-0.15, -0.1) is 12.4 Å². The lowest BCUT2D eigenvalue weighted by atomic mass is 10.1. The van der Waals surface area contributed by atoms with E-state index in [2.05, 4.69) is 155 Å². The van der Waals surface area contributed by atoms with E-state index in [4.69, 9.17) is 9.97 Å². The smallest absolute Gasteiger partial charge is 0.0707 e. The van der Waals surface area contributed by atoms with Crippen molar-refractivity contribution in [3.63, 3.8) is 0 Å². The third-order valence-electron chi connectivity index (χ3n) is 10.9. The van der Waals surface area contributed by atoms with Crippen LogP contribution in [0.25, 0.3) is 43.6 Å². The zero-order chi connectivity index (χ0) is 36.7. The molecule has 7 heteroatoms. The maximum absolute atomic E-state index is 5.08. The van der Waals surface area contributed by atoms with Gasteiger partial charge >= 0.3 is 0 Å². The van der Waals surface area contributed by atoms with Crippen molar-refractivity contribution in [1.82, 2.24) is 29.7 Å². The summed E-state index contributed by atoms with van der Waals surface area (Å²) in [6.45, 7) is 9.80. The summed E-state index contributed by atoms with van der Waals surface area (Å²) in [6, 6.07) is 43.9. The van der Waals surface area contributed by atoms with Crippen LogP contribution in [0.4, 0.5) is 0 Å². The van der Waals surface area contributed by atoms with E-state index in [1.165, 1.54) is 54.7 Å². The maximum Gasteiger partial charge on any atom is 0.0707 e. The molecular formula is C48H53ClN6. The third kappa shape index (κ3) is 8.63. The number of para-hydroxylation sites is 2. The molecular weight excluding hydrogens is 696 g/mol. The van der Waals surface area contributed by atoms with Crippen LogP contribution in [-0.4, -0.2) is 32.2 Å². The van der Waals surface area contributed by atoms with Crippen molar-refractivity contribution < 1.29 is 0 Å². The Hall–Kier alpha value is -5.01. The van der Waals surface area contributed by atoms with Gasteiger partial charge in [0.05, 0.1) is 33.8 Å². The molecule has 0 aliphatic carbocycles. The number of aryl methyl sites for hydroxylation is 6. The molecule has 0 unspecified atom stereocenters. The summed E-state index contributed by atoms with van der Waals surface area (Å²) in [6.07, 6.45) is 6.57. The van der Waals surface area contributed by atoms with Crippen molar-refractivity contribution >= 4 is 56.0 Å². The number of aromatic nitrogens is 4. The molecule has 8 rings (SSSR count). The van der Waals surface area contributed by atoms with Gasteiger partial charge in [0.2, 0.25) is 0 Å². The molecule has 8 aromatic rings. The van der Waals surface area contributed by atoms with E-state index >= 15 is 0 Å². The first-order chi connectivity index (χ1) is 26.6. The highest BCUT2D eigenvalue weighted by Crippen LogP contribution is 2.33. The predicted octanol–water partition coefficient (Wildman–Crippen LogP) is 10.7. The largest absolute Gasteiger partial charge is 0.339 e. The van der Waals surface area contributed by atoms with Crippen LogP contribution < -0.4 is 10.6 Å². The number of hydrogen-bond acceptors (Lipinski definition) is 4. The highest BCUT2D eigenvalue weighted by atomic mass is 35.5. The lowest BCUT2D eigenvalue weighted by molar-refractivity contribution is 0.576. The van der Waals surface area contributed by atoms with Crippen molar-refractivity contribution in [3.05, 3.63) is 155 Å². The average Bonchev–Trinajstić information content (AvgIpc) is 3.69. The van der Waals surface area contributed by atoms with Crippen LogP contribution in [0.2, 0.25) is 0 Å². The first kappa shape index (κ1) is 38.3. The minimum atomic E-state index is 0. The zero-order valence-electron chi connectivity index (χ0n) is 32.2. The fourth-order valence-corrected chi connectivity index (χ4v) is 8.42. The van der Waals surface area contributed by atoms with E-state index in [0.717, 1.165) is 101 Å². The molecule has 0 radical (unpaired) electrons. The van der Waals surface area contributed by atoms with E-state index in [0.29, 0.717) is 0 Å². The average molecular weight is 749 g/mol. The lowest BCUT2D eigenvalue weighted by Gasteiger charge is -2.11.